The summed E-state index contributed by atoms with van der Waals surface area (Å²) >= 11 is 1.68. The Hall–Kier alpha value is -1.13. The number of nitrogens with two attached hydrogens (primary N) is 1. The lowest BCUT2D eigenvalue weighted by Gasteiger charge is -2.00. The average molecular weight is 221 g/mol. The van der Waals surface area contributed by atoms with Gasteiger partial charge in [0.05, 0.1) is 11.4 Å². The number of hydrogen-bond donors (Lipinski definition) is 2. The van der Waals surface area contributed by atoms with Crippen molar-refractivity contribution in [2.45, 2.75) is 25.8 Å². The van der Waals surface area contributed by atoms with Crippen LogP contribution in [0.4, 0.5) is 0 Å². The van der Waals surface area contributed by atoms with Crippen molar-refractivity contribution in [3.63, 3.8) is 0 Å². The molecule has 0 radical (unpaired) electrons. The van der Waals surface area contributed by atoms with E-state index in [4.69, 9.17) is 5.73 Å². The first-order valence-corrected chi connectivity index (χ1v) is 5.97. The zero-order valence-electron chi connectivity index (χ0n) is 8.73. The van der Waals surface area contributed by atoms with Crippen LogP contribution in [0.1, 0.15) is 19.0 Å². The quantitative estimate of drug-likeness (QED) is 0.833. The molecule has 0 bridgehead atoms. The van der Waals surface area contributed by atoms with Gasteiger partial charge in [0.1, 0.15) is 5.01 Å². The highest BCUT2D eigenvalue weighted by molar-refractivity contribution is 7.13. The highest BCUT2D eigenvalue weighted by Gasteiger charge is 2.05. The summed E-state index contributed by atoms with van der Waals surface area (Å²) in [5.41, 5.74) is 7.94. The number of nitrogens with one attached hydrogen (secondary N) is 1. The van der Waals surface area contributed by atoms with E-state index in [2.05, 4.69) is 15.3 Å². The van der Waals surface area contributed by atoms with E-state index in [0.717, 1.165) is 29.2 Å². The van der Waals surface area contributed by atoms with Crippen LogP contribution in [0.15, 0.2) is 23.7 Å². The molecule has 1 unspecified atom stereocenters. The molecular formula is C11H15N3S. The molecule has 15 heavy (non-hydrogen) atoms. The Bertz CT molecular complexity index is 403. The largest absolute Gasteiger partial charge is 0.359 e. The number of aromatic amines is 1. The smallest absolute Gasteiger partial charge is 0.139 e. The number of thiazole rings is 1. The highest BCUT2D eigenvalue weighted by atomic mass is 32.1. The first-order valence-electron chi connectivity index (χ1n) is 5.09. The molecule has 0 spiro atoms. The van der Waals surface area contributed by atoms with Gasteiger partial charge >= 0.3 is 0 Å². The van der Waals surface area contributed by atoms with Crippen LogP contribution in [0.3, 0.4) is 0 Å². The Morgan fingerprint density at radius 2 is 2.47 bits per heavy atom. The van der Waals surface area contributed by atoms with Crippen molar-refractivity contribution >= 4 is 11.3 Å². The summed E-state index contributed by atoms with van der Waals surface area (Å²) in [5.74, 6) is 0. The third-order valence-corrected chi connectivity index (χ3v) is 3.16. The molecule has 1 atom stereocenters. The summed E-state index contributed by atoms with van der Waals surface area (Å²) in [6.07, 6.45) is 3.88. The molecule has 80 valence electrons. The molecule has 0 aromatic carbocycles. The third-order valence-electron chi connectivity index (χ3n) is 2.24. The summed E-state index contributed by atoms with van der Waals surface area (Å²) in [6.45, 7) is 2.03. The number of aryl methyl sites for hydroxylation is 1. The fraction of sp³-hybridized carbons (Fsp3) is 0.364. The van der Waals surface area contributed by atoms with Crippen LogP contribution in [0, 0.1) is 0 Å². The minimum Gasteiger partial charge on any atom is -0.359 e. The number of nitrogens with zero attached hydrogens (tertiary/aromatic N) is 1. The Morgan fingerprint density at radius 1 is 1.60 bits per heavy atom. The van der Waals surface area contributed by atoms with Crippen LogP contribution in [0.25, 0.3) is 10.7 Å². The molecule has 0 fully saturated rings. The SMILES string of the molecule is CC(N)CCc1csc(-c2ccc[nH]2)n1. The molecule has 3 N–H and O–H groups in total. The second-order valence-corrected chi connectivity index (χ2v) is 4.60. The van der Waals surface area contributed by atoms with Gasteiger partial charge in [0.15, 0.2) is 0 Å². The lowest BCUT2D eigenvalue weighted by Crippen LogP contribution is -2.15. The molecule has 0 saturated carbocycles. The van der Waals surface area contributed by atoms with Crippen LogP contribution in [-0.4, -0.2) is 16.0 Å². The van der Waals surface area contributed by atoms with Gasteiger partial charge in [0, 0.05) is 17.6 Å². The van der Waals surface area contributed by atoms with Crippen molar-refractivity contribution in [1.82, 2.24) is 9.97 Å². The summed E-state index contributed by atoms with van der Waals surface area (Å²) < 4.78 is 0. The van der Waals surface area contributed by atoms with Crippen LogP contribution >= 0.6 is 11.3 Å². The van der Waals surface area contributed by atoms with Gasteiger partial charge in [-0.05, 0) is 31.9 Å². The zero-order valence-corrected chi connectivity index (χ0v) is 9.55. The highest BCUT2D eigenvalue weighted by Crippen LogP contribution is 2.22. The minimum atomic E-state index is 0.251. The van der Waals surface area contributed by atoms with Gasteiger partial charge < -0.3 is 10.7 Å². The number of H-pyrrole nitrogens is 1. The van der Waals surface area contributed by atoms with Crippen molar-refractivity contribution in [2.75, 3.05) is 0 Å². The molecule has 0 aliphatic heterocycles. The maximum Gasteiger partial charge on any atom is 0.139 e. The molecule has 2 aromatic rings. The molecule has 3 nitrogen and oxygen atoms in total. The van der Waals surface area contributed by atoms with Gasteiger partial charge in [-0.2, -0.15) is 0 Å². The van der Waals surface area contributed by atoms with E-state index in [1.807, 2.05) is 25.3 Å². The molecule has 4 heteroatoms. The summed E-state index contributed by atoms with van der Waals surface area (Å²) in [5, 5.41) is 3.16. The van der Waals surface area contributed by atoms with E-state index in [1.165, 1.54) is 0 Å². The van der Waals surface area contributed by atoms with E-state index in [9.17, 15) is 0 Å². The molecule has 0 amide bonds. The summed E-state index contributed by atoms with van der Waals surface area (Å²) in [6, 6.07) is 4.27. The predicted octanol–water partition coefficient (Wildman–Crippen LogP) is 2.42. The second kappa shape index (κ2) is 4.59. The van der Waals surface area contributed by atoms with Gasteiger partial charge in [-0.25, -0.2) is 4.98 Å². The number of aromatic nitrogens is 2. The normalized spacial score (nSPS) is 12.9. The third kappa shape index (κ3) is 2.67. The van der Waals surface area contributed by atoms with Crippen LogP contribution < -0.4 is 5.73 Å². The first kappa shape index (κ1) is 10.4. The molecule has 2 aromatic heterocycles. The summed E-state index contributed by atoms with van der Waals surface area (Å²) in [4.78, 5) is 7.71. The molecule has 0 saturated heterocycles. The first-order chi connectivity index (χ1) is 7.25. The van der Waals surface area contributed by atoms with E-state index in [0.29, 0.717) is 0 Å². The molecule has 0 aliphatic rings. The van der Waals surface area contributed by atoms with E-state index >= 15 is 0 Å². The standard InChI is InChI=1S/C11H15N3S/c1-8(12)4-5-9-7-15-11(14-9)10-3-2-6-13-10/h2-3,6-8,13H,4-5,12H2,1H3. The fourth-order valence-corrected chi connectivity index (χ4v) is 2.23. The van der Waals surface area contributed by atoms with Gasteiger partial charge in [0.2, 0.25) is 0 Å². The van der Waals surface area contributed by atoms with Gasteiger partial charge in [0.25, 0.3) is 0 Å². The van der Waals surface area contributed by atoms with Crippen molar-refractivity contribution < 1.29 is 0 Å². The Labute approximate surface area is 93.4 Å². The number of rotatable bonds is 4. The fourth-order valence-electron chi connectivity index (χ4n) is 1.38. The van der Waals surface area contributed by atoms with E-state index in [1.54, 1.807) is 11.3 Å². The lowest BCUT2D eigenvalue weighted by atomic mass is 10.2. The Balaban J connectivity index is 2.04. The van der Waals surface area contributed by atoms with Crippen molar-refractivity contribution in [3.05, 3.63) is 29.4 Å². The van der Waals surface area contributed by atoms with E-state index in [-0.39, 0.29) is 6.04 Å². The number of hydrogen-bond acceptors (Lipinski definition) is 3. The summed E-state index contributed by atoms with van der Waals surface area (Å²) in [7, 11) is 0. The van der Waals surface area contributed by atoms with Gasteiger partial charge in [-0.15, -0.1) is 11.3 Å². The Morgan fingerprint density at radius 3 is 3.13 bits per heavy atom. The average Bonchev–Trinajstić information content (AvgIpc) is 2.85. The van der Waals surface area contributed by atoms with Crippen LogP contribution in [0.5, 0.6) is 0 Å². The van der Waals surface area contributed by atoms with E-state index < -0.39 is 0 Å². The molecule has 0 aliphatic carbocycles. The van der Waals surface area contributed by atoms with Gasteiger partial charge in [-0.3, -0.25) is 0 Å². The lowest BCUT2D eigenvalue weighted by molar-refractivity contribution is 0.660. The molecular weight excluding hydrogens is 206 g/mol. The molecule has 2 rings (SSSR count). The maximum atomic E-state index is 5.71. The van der Waals surface area contributed by atoms with Crippen molar-refractivity contribution in [3.8, 4) is 10.7 Å². The van der Waals surface area contributed by atoms with Crippen LogP contribution in [0.2, 0.25) is 0 Å². The van der Waals surface area contributed by atoms with Crippen LogP contribution in [-0.2, 0) is 6.42 Å². The second-order valence-electron chi connectivity index (χ2n) is 3.74. The van der Waals surface area contributed by atoms with Gasteiger partial charge in [-0.1, -0.05) is 0 Å². The topological polar surface area (TPSA) is 54.7 Å². The Kier molecular flexibility index (Phi) is 3.18. The zero-order chi connectivity index (χ0) is 10.7. The maximum absolute atomic E-state index is 5.71. The predicted molar refractivity (Wildman–Crippen MR) is 63.9 cm³/mol. The molecule has 2 heterocycles. The van der Waals surface area contributed by atoms with Crippen molar-refractivity contribution in [2.24, 2.45) is 5.73 Å². The monoisotopic (exact) mass is 221 g/mol. The minimum absolute atomic E-state index is 0.251. The van der Waals surface area contributed by atoms with Crippen molar-refractivity contribution in [1.29, 1.82) is 0 Å².